The van der Waals surface area contributed by atoms with Crippen LogP contribution in [0.25, 0.3) is 11.4 Å². The van der Waals surface area contributed by atoms with Crippen LogP contribution in [0.1, 0.15) is 23.9 Å². The number of rotatable bonds is 7. The van der Waals surface area contributed by atoms with Crippen LogP contribution >= 0.6 is 11.8 Å². The van der Waals surface area contributed by atoms with E-state index in [0.29, 0.717) is 12.3 Å². The van der Waals surface area contributed by atoms with E-state index in [1.807, 2.05) is 36.6 Å². The summed E-state index contributed by atoms with van der Waals surface area (Å²) in [6.45, 7) is 7.09. The zero-order valence-corrected chi connectivity index (χ0v) is 16.8. The quantitative estimate of drug-likeness (QED) is 0.581. The van der Waals surface area contributed by atoms with Gasteiger partial charge in [0.05, 0.1) is 12.3 Å². The van der Waals surface area contributed by atoms with Crippen molar-refractivity contribution in [2.75, 3.05) is 12.8 Å². The van der Waals surface area contributed by atoms with E-state index in [9.17, 15) is 4.79 Å². The molecular formula is C19H23N5O2S. The maximum atomic E-state index is 12.4. The van der Waals surface area contributed by atoms with Crippen LogP contribution in [0.3, 0.4) is 0 Å². The Labute approximate surface area is 162 Å². The van der Waals surface area contributed by atoms with Crippen molar-refractivity contribution in [1.29, 1.82) is 0 Å². The minimum atomic E-state index is 0.00316. The lowest BCUT2D eigenvalue weighted by Crippen LogP contribution is -2.28. The lowest BCUT2D eigenvalue weighted by molar-refractivity contribution is -0.127. The van der Waals surface area contributed by atoms with Crippen molar-refractivity contribution in [1.82, 2.24) is 24.8 Å². The van der Waals surface area contributed by atoms with Crippen LogP contribution in [0.5, 0.6) is 0 Å². The highest BCUT2D eigenvalue weighted by atomic mass is 32.2. The molecule has 7 nitrogen and oxygen atoms in total. The Balaban J connectivity index is 1.66. The van der Waals surface area contributed by atoms with Gasteiger partial charge in [-0.1, -0.05) is 40.7 Å². The van der Waals surface area contributed by atoms with Crippen LogP contribution in [-0.4, -0.2) is 43.5 Å². The second kappa shape index (κ2) is 8.39. The average molecular weight is 385 g/mol. The Morgan fingerprint density at radius 1 is 1.26 bits per heavy atom. The largest absolute Gasteiger partial charge is 0.361 e. The van der Waals surface area contributed by atoms with Crippen LogP contribution in [0.15, 0.2) is 40.0 Å². The summed E-state index contributed by atoms with van der Waals surface area (Å²) in [7, 11) is 1.76. The fourth-order valence-electron chi connectivity index (χ4n) is 2.74. The number of amides is 1. The Hall–Kier alpha value is -2.61. The molecule has 3 rings (SSSR count). The third-order valence-electron chi connectivity index (χ3n) is 4.14. The molecule has 0 aliphatic rings. The molecule has 0 unspecified atom stereocenters. The van der Waals surface area contributed by atoms with Crippen molar-refractivity contribution in [3.63, 3.8) is 0 Å². The molecule has 2 aromatic heterocycles. The zero-order chi connectivity index (χ0) is 19.4. The van der Waals surface area contributed by atoms with E-state index >= 15 is 0 Å². The van der Waals surface area contributed by atoms with Crippen LogP contribution in [0.4, 0.5) is 0 Å². The number of aryl methyl sites for hydroxylation is 2. The second-order valence-corrected chi connectivity index (χ2v) is 7.33. The molecule has 0 saturated heterocycles. The van der Waals surface area contributed by atoms with Gasteiger partial charge in [0.2, 0.25) is 5.91 Å². The Morgan fingerprint density at radius 3 is 2.74 bits per heavy atom. The molecule has 8 heteroatoms. The zero-order valence-electron chi connectivity index (χ0n) is 16.0. The Kier molecular flexibility index (Phi) is 5.95. The van der Waals surface area contributed by atoms with Gasteiger partial charge in [-0.3, -0.25) is 4.79 Å². The maximum absolute atomic E-state index is 12.4. The van der Waals surface area contributed by atoms with Crippen molar-refractivity contribution >= 4 is 17.7 Å². The van der Waals surface area contributed by atoms with E-state index < -0.39 is 0 Å². The van der Waals surface area contributed by atoms with Crippen molar-refractivity contribution in [2.24, 2.45) is 0 Å². The van der Waals surface area contributed by atoms with Gasteiger partial charge in [0.25, 0.3) is 0 Å². The molecule has 3 aromatic rings. The number of carbonyl (C=O) groups is 1. The van der Waals surface area contributed by atoms with E-state index in [-0.39, 0.29) is 5.91 Å². The topological polar surface area (TPSA) is 77.0 Å². The summed E-state index contributed by atoms with van der Waals surface area (Å²) in [6.07, 6.45) is 0. The molecule has 0 saturated carbocycles. The number of nitrogens with zero attached hydrogens (tertiary/aromatic N) is 5. The van der Waals surface area contributed by atoms with Crippen molar-refractivity contribution < 1.29 is 9.32 Å². The Morgan fingerprint density at radius 2 is 2.07 bits per heavy atom. The SMILES string of the molecule is CCn1c(SCC(=O)N(C)Cc2cc(C)on2)nnc1-c1cccc(C)c1. The molecule has 0 bridgehead atoms. The minimum Gasteiger partial charge on any atom is -0.361 e. The third kappa shape index (κ3) is 4.57. The number of hydrogen-bond donors (Lipinski definition) is 0. The summed E-state index contributed by atoms with van der Waals surface area (Å²) in [5.74, 6) is 1.85. The molecule has 0 aliphatic heterocycles. The number of carbonyl (C=O) groups excluding carboxylic acids is 1. The molecular weight excluding hydrogens is 362 g/mol. The molecule has 0 spiro atoms. The highest BCUT2D eigenvalue weighted by Crippen LogP contribution is 2.24. The Bertz CT molecular complexity index is 934. The van der Waals surface area contributed by atoms with Crippen molar-refractivity contribution in [2.45, 2.75) is 39.0 Å². The number of thioether (sulfide) groups is 1. The van der Waals surface area contributed by atoms with E-state index in [1.165, 1.54) is 17.3 Å². The lowest BCUT2D eigenvalue weighted by Gasteiger charge is -2.15. The summed E-state index contributed by atoms with van der Waals surface area (Å²) < 4.78 is 7.08. The molecule has 2 heterocycles. The number of aromatic nitrogens is 4. The number of hydrogen-bond acceptors (Lipinski definition) is 6. The summed E-state index contributed by atoms with van der Waals surface area (Å²) >= 11 is 1.40. The fraction of sp³-hybridized carbons (Fsp3) is 0.368. The molecule has 27 heavy (non-hydrogen) atoms. The van der Waals surface area contributed by atoms with Gasteiger partial charge in [-0.25, -0.2) is 0 Å². The van der Waals surface area contributed by atoms with Crippen molar-refractivity contribution in [3.05, 3.63) is 47.3 Å². The van der Waals surface area contributed by atoms with E-state index in [1.54, 1.807) is 11.9 Å². The molecule has 0 aliphatic carbocycles. The molecule has 0 radical (unpaired) electrons. The molecule has 1 aromatic carbocycles. The first-order chi connectivity index (χ1) is 13.0. The van der Waals surface area contributed by atoms with E-state index in [2.05, 4.69) is 34.4 Å². The lowest BCUT2D eigenvalue weighted by atomic mass is 10.1. The van der Waals surface area contributed by atoms with Gasteiger partial charge in [0, 0.05) is 25.2 Å². The first-order valence-electron chi connectivity index (χ1n) is 8.77. The first-order valence-corrected chi connectivity index (χ1v) is 9.75. The molecule has 1 amide bonds. The van der Waals surface area contributed by atoms with E-state index in [0.717, 1.165) is 34.5 Å². The molecule has 142 valence electrons. The van der Waals surface area contributed by atoms with Crippen LogP contribution in [0, 0.1) is 13.8 Å². The van der Waals surface area contributed by atoms with Gasteiger partial charge in [-0.05, 0) is 26.8 Å². The highest BCUT2D eigenvalue weighted by Gasteiger charge is 2.17. The smallest absolute Gasteiger partial charge is 0.233 e. The normalized spacial score (nSPS) is 11.0. The van der Waals surface area contributed by atoms with Gasteiger partial charge < -0.3 is 14.0 Å². The van der Waals surface area contributed by atoms with Crippen LogP contribution in [-0.2, 0) is 17.9 Å². The van der Waals surface area contributed by atoms with Gasteiger partial charge in [-0.2, -0.15) is 0 Å². The third-order valence-corrected chi connectivity index (χ3v) is 5.09. The standard InChI is InChI=1S/C19H23N5O2S/c1-5-24-18(15-8-6-7-13(2)9-15)20-21-19(24)27-12-17(25)23(4)11-16-10-14(3)26-22-16/h6-10H,5,11-12H2,1-4H3. The average Bonchev–Trinajstić information content (AvgIpc) is 3.25. The van der Waals surface area contributed by atoms with Crippen molar-refractivity contribution in [3.8, 4) is 11.4 Å². The van der Waals surface area contributed by atoms with Crippen LogP contribution in [0.2, 0.25) is 0 Å². The van der Waals surface area contributed by atoms with Gasteiger partial charge in [0.15, 0.2) is 11.0 Å². The summed E-state index contributed by atoms with van der Waals surface area (Å²) in [5.41, 5.74) is 2.94. The maximum Gasteiger partial charge on any atom is 0.233 e. The van der Waals surface area contributed by atoms with E-state index in [4.69, 9.17) is 4.52 Å². The molecule has 0 fully saturated rings. The van der Waals surface area contributed by atoms with Gasteiger partial charge in [-0.15, -0.1) is 10.2 Å². The second-order valence-electron chi connectivity index (χ2n) is 6.39. The molecule has 0 N–H and O–H groups in total. The first kappa shape index (κ1) is 19.2. The summed E-state index contributed by atoms with van der Waals surface area (Å²) in [6, 6.07) is 10.0. The van der Waals surface area contributed by atoms with Crippen LogP contribution < -0.4 is 0 Å². The predicted molar refractivity (Wildman–Crippen MR) is 104 cm³/mol. The fourth-order valence-corrected chi connectivity index (χ4v) is 3.68. The monoisotopic (exact) mass is 385 g/mol. The highest BCUT2D eigenvalue weighted by molar-refractivity contribution is 7.99. The van der Waals surface area contributed by atoms with Gasteiger partial charge >= 0.3 is 0 Å². The number of benzene rings is 1. The van der Waals surface area contributed by atoms with Gasteiger partial charge in [0.1, 0.15) is 11.5 Å². The minimum absolute atomic E-state index is 0.00316. The summed E-state index contributed by atoms with van der Waals surface area (Å²) in [5, 5.41) is 13.3. The predicted octanol–water partition coefficient (Wildman–Crippen LogP) is 3.32. The molecule has 0 atom stereocenters. The summed E-state index contributed by atoms with van der Waals surface area (Å²) in [4.78, 5) is 14.1.